The molecule has 0 bridgehead atoms. The molecule has 4 atom stereocenters. The SMILES string of the molecule is CC(C)C(=O)OCn1c(=O)ccn([C@@H]2O[C@](F)(COC(=O)C3CCN(C)CC3)[C@@H](O)[C@H]2O)c1=O. The van der Waals surface area contributed by atoms with Crippen LogP contribution in [0.25, 0.3) is 0 Å². The van der Waals surface area contributed by atoms with Gasteiger partial charge in [-0.2, -0.15) is 0 Å². The van der Waals surface area contributed by atoms with Crippen LogP contribution in [-0.2, 0) is 30.5 Å². The van der Waals surface area contributed by atoms with Crippen molar-refractivity contribution < 1.29 is 38.4 Å². The van der Waals surface area contributed by atoms with Crippen molar-refractivity contribution in [2.75, 3.05) is 26.7 Å². The summed E-state index contributed by atoms with van der Waals surface area (Å²) in [4.78, 5) is 50.9. The van der Waals surface area contributed by atoms with Crippen LogP contribution < -0.4 is 11.2 Å². The molecule has 2 fully saturated rings. The molecule has 0 radical (unpaired) electrons. The molecule has 0 saturated carbocycles. The van der Waals surface area contributed by atoms with Crippen molar-refractivity contribution >= 4 is 11.9 Å². The summed E-state index contributed by atoms with van der Waals surface area (Å²) in [6.07, 6.45) is -3.75. The normalized spacial score (nSPS) is 28.3. The monoisotopic (exact) mass is 487 g/mol. The Bertz CT molecular complexity index is 1020. The number of carbonyl (C=O) groups excluding carboxylic acids is 2. The molecule has 0 spiro atoms. The molecule has 3 heterocycles. The summed E-state index contributed by atoms with van der Waals surface area (Å²) in [6.45, 7) is 2.82. The van der Waals surface area contributed by atoms with Crippen LogP contribution in [0.15, 0.2) is 21.9 Å². The third-order valence-electron chi connectivity index (χ3n) is 6.01. The first-order valence-corrected chi connectivity index (χ1v) is 11.0. The number of ether oxygens (including phenoxy) is 3. The highest BCUT2D eigenvalue weighted by atomic mass is 19.2. The van der Waals surface area contributed by atoms with Crippen molar-refractivity contribution in [3.63, 3.8) is 0 Å². The number of piperidine rings is 1. The number of hydrogen-bond donors (Lipinski definition) is 2. The lowest BCUT2D eigenvalue weighted by molar-refractivity contribution is -0.219. The summed E-state index contributed by atoms with van der Waals surface area (Å²) < 4.78 is 31.7. The van der Waals surface area contributed by atoms with Gasteiger partial charge in [0.15, 0.2) is 19.6 Å². The molecule has 1 aromatic heterocycles. The Morgan fingerprint density at radius 2 is 1.88 bits per heavy atom. The lowest BCUT2D eigenvalue weighted by atomic mass is 9.97. The Kier molecular flexibility index (Phi) is 7.91. The second kappa shape index (κ2) is 10.3. The molecule has 2 saturated heterocycles. The van der Waals surface area contributed by atoms with Crippen LogP contribution >= 0.6 is 0 Å². The molecule has 0 aliphatic carbocycles. The van der Waals surface area contributed by atoms with Crippen molar-refractivity contribution in [3.05, 3.63) is 33.1 Å². The Labute approximate surface area is 194 Å². The van der Waals surface area contributed by atoms with Crippen molar-refractivity contribution in [2.45, 2.75) is 57.7 Å². The molecular formula is C21H30FN3O9. The molecule has 0 amide bonds. The van der Waals surface area contributed by atoms with E-state index in [1.165, 1.54) is 0 Å². The molecule has 2 N–H and O–H groups in total. The molecule has 2 aliphatic heterocycles. The average molecular weight is 487 g/mol. The minimum atomic E-state index is -2.99. The molecular weight excluding hydrogens is 457 g/mol. The molecule has 2 aliphatic rings. The van der Waals surface area contributed by atoms with Gasteiger partial charge in [0.05, 0.1) is 11.8 Å². The first-order valence-electron chi connectivity index (χ1n) is 11.0. The number of aliphatic hydroxyl groups is 2. The van der Waals surface area contributed by atoms with Gasteiger partial charge in [0.2, 0.25) is 0 Å². The van der Waals surface area contributed by atoms with Crippen molar-refractivity contribution in [1.82, 2.24) is 14.0 Å². The first-order chi connectivity index (χ1) is 15.9. The number of aromatic nitrogens is 2. The van der Waals surface area contributed by atoms with E-state index in [0.29, 0.717) is 35.1 Å². The second-order valence-corrected chi connectivity index (χ2v) is 8.93. The Hall–Kier alpha value is -2.61. The Morgan fingerprint density at radius 3 is 2.50 bits per heavy atom. The van der Waals surface area contributed by atoms with E-state index in [4.69, 9.17) is 14.2 Å². The van der Waals surface area contributed by atoms with Crippen molar-refractivity contribution in [2.24, 2.45) is 11.8 Å². The minimum Gasteiger partial charge on any atom is -0.459 e. The fourth-order valence-electron chi connectivity index (χ4n) is 3.76. The standard InChI is InChI=1S/C21H30FN3O9/c1-12(2)18(29)33-11-25-14(26)6-9-24(20(25)31)17-15(27)16(28)21(22,34-17)10-32-19(30)13-4-7-23(3)8-5-13/h6,9,12-13,15-17,27-28H,4-5,7-8,10-11H2,1-3H3/t15-,16+,17-,21-/m1/s1. The lowest BCUT2D eigenvalue weighted by Gasteiger charge is -2.29. The van der Waals surface area contributed by atoms with Gasteiger partial charge in [-0.25, -0.2) is 13.8 Å². The van der Waals surface area contributed by atoms with Crippen LogP contribution in [0.2, 0.25) is 0 Å². The maximum atomic E-state index is 15.4. The quantitative estimate of drug-likeness (QED) is 0.457. The summed E-state index contributed by atoms with van der Waals surface area (Å²) in [7, 11) is 1.92. The number of aliphatic hydroxyl groups excluding tert-OH is 2. The number of alkyl halides is 1. The number of hydrogen-bond acceptors (Lipinski definition) is 10. The van der Waals surface area contributed by atoms with Crippen LogP contribution in [0.4, 0.5) is 4.39 Å². The second-order valence-electron chi connectivity index (χ2n) is 8.93. The van der Waals surface area contributed by atoms with Crippen molar-refractivity contribution in [3.8, 4) is 0 Å². The third kappa shape index (κ3) is 5.37. The molecule has 34 heavy (non-hydrogen) atoms. The minimum absolute atomic E-state index is 0.418. The third-order valence-corrected chi connectivity index (χ3v) is 6.01. The lowest BCUT2D eigenvalue weighted by Crippen LogP contribution is -2.45. The highest BCUT2D eigenvalue weighted by Crippen LogP contribution is 2.38. The summed E-state index contributed by atoms with van der Waals surface area (Å²) >= 11 is 0. The van der Waals surface area contributed by atoms with E-state index in [9.17, 15) is 29.4 Å². The highest BCUT2D eigenvalue weighted by Gasteiger charge is 2.57. The van der Waals surface area contributed by atoms with Crippen LogP contribution in [-0.4, -0.2) is 81.0 Å². The van der Waals surface area contributed by atoms with E-state index in [2.05, 4.69) is 0 Å². The number of likely N-dealkylation sites (tertiary alicyclic amines) is 1. The molecule has 13 heteroatoms. The average Bonchev–Trinajstić information content (AvgIpc) is 3.02. The predicted octanol–water partition coefficient (Wildman–Crippen LogP) is -1.03. The van der Waals surface area contributed by atoms with Crippen LogP contribution in [0.1, 0.15) is 32.9 Å². The zero-order chi connectivity index (χ0) is 25.2. The Morgan fingerprint density at radius 1 is 1.24 bits per heavy atom. The van der Waals surface area contributed by atoms with Crippen molar-refractivity contribution in [1.29, 1.82) is 0 Å². The van der Waals surface area contributed by atoms with Crippen LogP contribution in [0.5, 0.6) is 0 Å². The number of rotatable bonds is 7. The topological polar surface area (TPSA) is 150 Å². The van der Waals surface area contributed by atoms with Gasteiger partial charge in [0.1, 0.15) is 12.2 Å². The van der Waals surface area contributed by atoms with E-state index < -0.39 is 72.7 Å². The van der Waals surface area contributed by atoms with E-state index in [-0.39, 0.29) is 0 Å². The predicted molar refractivity (Wildman–Crippen MR) is 113 cm³/mol. The summed E-state index contributed by atoms with van der Waals surface area (Å²) in [5.41, 5.74) is -1.86. The number of esters is 2. The molecule has 0 unspecified atom stereocenters. The number of halogens is 1. The maximum absolute atomic E-state index is 15.4. The number of nitrogens with zero attached hydrogens (tertiary/aromatic N) is 3. The zero-order valence-corrected chi connectivity index (χ0v) is 19.3. The van der Waals surface area contributed by atoms with Gasteiger partial charge in [-0.15, -0.1) is 0 Å². The van der Waals surface area contributed by atoms with Gasteiger partial charge >= 0.3 is 17.6 Å². The fourth-order valence-corrected chi connectivity index (χ4v) is 3.76. The van der Waals surface area contributed by atoms with E-state index in [0.717, 1.165) is 12.3 Å². The molecule has 12 nitrogen and oxygen atoms in total. The first kappa shape index (κ1) is 26.0. The molecule has 1 aromatic rings. The van der Waals surface area contributed by atoms with E-state index in [1.54, 1.807) is 13.8 Å². The summed E-state index contributed by atoms with van der Waals surface area (Å²) in [6, 6.07) is 0.936. The van der Waals surface area contributed by atoms with Gasteiger partial charge in [-0.3, -0.25) is 19.0 Å². The molecule has 190 valence electrons. The van der Waals surface area contributed by atoms with Gasteiger partial charge in [0.25, 0.3) is 11.4 Å². The summed E-state index contributed by atoms with van der Waals surface area (Å²) in [5, 5.41) is 20.6. The maximum Gasteiger partial charge on any atom is 0.335 e. The smallest absolute Gasteiger partial charge is 0.335 e. The van der Waals surface area contributed by atoms with Crippen LogP contribution in [0, 0.1) is 11.8 Å². The Balaban J connectivity index is 1.73. The fraction of sp³-hybridized carbons (Fsp3) is 0.714. The van der Waals surface area contributed by atoms with Gasteiger partial charge in [-0.05, 0) is 33.0 Å². The molecule has 3 rings (SSSR count). The van der Waals surface area contributed by atoms with E-state index in [1.807, 2.05) is 11.9 Å². The van der Waals surface area contributed by atoms with E-state index >= 15 is 4.39 Å². The number of carbonyl (C=O) groups is 2. The van der Waals surface area contributed by atoms with Gasteiger partial charge in [-0.1, -0.05) is 13.8 Å². The zero-order valence-electron chi connectivity index (χ0n) is 19.3. The highest BCUT2D eigenvalue weighted by molar-refractivity contribution is 5.72. The van der Waals surface area contributed by atoms with Gasteiger partial charge < -0.3 is 29.3 Å². The largest absolute Gasteiger partial charge is 0.459 e. The van der Waals surface area contributed by atoms with Crippen LogP contribution in [0.3, 0.4) is 0 Å². The summed E-state index contributed by atoms with van der Waals surface area (Å²) in [5.74, 6) is -5.20. The molecule has 0 aromatic carbocycles. The van der Waals surface area contributed by atoms with Gasteiger partial charge in [0, 0.05) is 12.3 Å².